The lowest BCUT2D eigenvalue weighted by Crippen LogP contribution is -2.33. The topological polar surface area (TPSA) is 102 Å². The van der Waals surface area contributed by atoms with Crippen LogP contribution in [0.15, 0.2) is 42.5 Å². The van der Waals surface area contributed by atoms with Crippen molar-refractivity contribution in [3.63, 3.8) is 0 Å². The van der Waals surface area contributed by atoms with Crippen LogP contribution < -0.4 is 10.2 Å². The van der Waals surface area contributed by atoms with Gasteiger partial charge in [-0.2, -0.15) is 0 Å². The molecule has 0 atom stereocenters. The van der Waals surface area contributed by atoms with E-state index in [4.69, 9.17) is 4.74 Å². The van der Waals surface area contributed by atoms with Crippen molar-refractivity contribution in [3.05, 3.63) is 69.5 Å². The Hall–Kier alpha value is -3.49. The third-order valence-electron chi connectivity index (χ3n) is 5.27. The van der Waals surface area contributed by atoms with Crippen LogP contribution in [-0.2, 0) is 16.1 Å². The second-order valence-corrected chi connectivity index (χ2v) is 7.61. The first kappa shape index (κ1) is 22.2. The Bertz CT molecular complexity index is 956. The van der Waals surface area contributed by atoms with E-state index in [0.717, 1.165) is 25.9 Å². The Morgan fingerprint density at radius 1 is 1.19 bits per heavy atom. The van der Waals surface area contributed by atoms with Crippen molar-refractivity contribution < 1.29 is 23.6 Å². The number of nitro groups is 1. The summed E-state index contributed by atoms with van der Waals surface area (Å²) in [5, 5.41) is 14.1. The van der Waals surface area contributed by atoms with Crippen molar-refractivity contribution in [2.45, 2.75) is 26.3 Å². The minimum absolute atomic E-state index is 0.00663. The zero-order valence-corrected chi connectivity index (χ0v) is 17.2. The van der Waals surface area contributed by atoms with Gasteiger partial charge in [-0.15, -0.1) is 0 Å². The number of halogens is 1. The molecule has 1 heterocycles. The summed E-state index contributed by atoms with van der Waals surface area (Å²) < 4.78 is 17.9. The van der Waals surface area contributed by atoms with Crippen LogP contribution in [0, 0.1) is 21.8 Å². The number of amides is 1. The van der Waals surface area contributed by atoms with Crippen LogP contribution in [0.1, 0.15) is 35.7 Å². The van der Waals surface area contributed by atoms with E-state index in [9.17, 15) is 24.1 Å². The van der Waals surface area contributed by atoms with Crippen molar-refractivity contribution in [2.24, 2.45) is 5.92 Å². The van der Waals surface area contributed by atoms with Crippen LogP contribution in [0.2, 0.25) is 0 Å². The van der Waals surface area contributed by atoms with Gasteiger partial charge in [0.2, 0.25) is 0 Å². The number of carbonyl (C=O) groups excluding carboxylic acids is 2. The SMILES string of the molecule is CC1CCN(c2ccc(C(=O)OCC(=O)NCc3ccc(F)cc3)cc2[N+](=O)[O-])CC1. The average Bonchev–Trinajstić information content (AvgIpc) is 2.77. The summed E-state index contributed by atoms with van der Waals surface area (Å²) in [5.74, 6) is -1.15. The number of benzene rings is 2. The summed E-state index contributed by atoms with van der Waals surface area (Å²) in [4.78, 5) is 37.2. The van der Waals surface area contributed by atoms with Gasteiger partial charge >= 0.3 is 5.97 Å². The van der Waals surface area contributed by atoms with E-state index in [1.165, 1.54) is 36.4 Å². The van der Waals surface area contributed by atoms with E-state index in [1.807, 2.05) is 4.90 Å². The molecule has 0 aromatic heterocycles. The Morgan fingerprint density at radius 2 is 1.87 bits per heavy atom. The number of rotatable bonds is 7. The lowest BCUT2D eigenvalue weighted by molar-refractivity contribution is -0.384. The number of nitrogens with one attached hydrogen (secondary N) is 1. The predicted molar refractivity (Wildman–Crippen MR) is 112 cm³/mol. The third kappa shape index (κ3) is 6.00. The summed E-state index contributed by atoms with van der Waals surface area (Å²) in [5.41, 5.74) is 1.02. The van der Waals surface area contributed by atoms with Crippen LogP contribution in [0.3, 0.4) is 0 Å². The fraction of sp³-hybridized carbons (Fsp3) is 0.364. The molecular formula is C22H24FN3O5. The molecule has 9 heteroatoms. The van der Waals surface area contributed by atoms with Gasteiger partial charge < -0.3 is 15.0 Å². The maximum Gasteiger partial charge on any atom is 0.338 e. The molecular weight excluding hydrogens is 405 g/mol. The van der Waals surface area contributed by atoms with Crippen molar-refractivity contribution in [3.8, 4) is 0 Å². The minimum Gasteiger partial charge on any atom is -0.452 e. The monoisotopic (exact) mass is 429 g/mol. The fourth-order valence-corrected chi connectivity index (χ4v) is 3.38. The molecule has 0 saturated carbocycles. The summed E-state index contributed by atoms with van der Waals surface area (Å²) >= 11 is 0. The van der Waals surface area contributed by atoms with Gasteiger partial charge in [-0.05, 0) is 48.6 Å². The van der Waals surface area contributed by atoms with Crippen molar-refractivity contribution in [2.75, 3.05) is 24.6 Å². The van der Waals surface area contributed by atoms with E-state index in [0.29, 0.717) is 17.2 Å². The smallest absolute Gasteiger partial charge is 0.338 e. The Balaban J connectivity index is 1.58. The molecule has 0 bridgehead atoms. The number of nitro benzene ring substituents is 1. The van der Waals surface area contributed by atoms with Crippen LogP contribution in [-0.4, -0.2) is 36.5 Å². The van der Waals surface area contributed by atoms with Gasteiger partial charge in [-0.25, -0.2) is 9.18 Å². The van der Waals surface area contributed by atoms with Crippen LogP contribution in [0.25, 0.3) is 0 Å². The molecule has 1 aliphatic rings. The van der Waals surface area contributed by atoms with Crippen molar-refractivity contribution in [1.29, 1.82) is 0 Å². The quantitative estimate of drug-likeness (QED) is 0.411. The highest BCUT2D eigenvalue weighted by atomic mass is 19.1. The lowest BCUT2D eigenvalue weighted by Gasteiger charge is -2.31. The summed E-state index contributed by atoms with van der Waals surface area (Å²) in [6, 6.07) is 9.84. The largest absolute Gasteiger partial charge is 0.452 e. The number of esters is 1. The van der Waals surface area contributed by atoms with Crippen LogP contribution >= 0.6 is 0 Å². The molecule has 0 radical (unpaired) electrons. The number of hydrogen-bond acceptors (Lipinski definition) is 6. The highest BCUT2D eigenvalue weighted by molar-refractivity contribution is 5.93. The van der Waals surface area contributed by atoms with Gasteiger partial charge in [-0.1, -0.05) is 19.1 Å². The molecule has 8 nitrogen and oxygen atoms in total. The summed E-state index contributed by atoms with van der Waals surface area (Å²) in [7, 11) is 0. The first-order chi connectivity index (χ1) is 14.8. The number of anilines is 1. The van der Waals surface area contributed by atoms with Crippen LogP contribution in [0.5, 0.6) is 0 Å². The molecule has 1 fully saturated rings. The minimum atomic E-state index is -0.821. The molecule has 164 valence electrons. The Kier molecular flexibility index (Phi) is 7.17. The average molecular weight is 429 g/mol. The lowest BCUT2D eigenvalue weighted by atomic mass is 9.98. The highest BCUT2D eigenvalue weighted by Crippen LogP contribution is 2.32. The normalized spacial score (nSPS) is 14.2. The van der Waals surface area contributed by atoms with Gasteiger partial charge in [0.05, 0.1) is 10.5 Å². The maximum atomic E-state index is 12.9. The van der Waals surface area contributed by atoms with Gasteiger partial charge in [0.25, 0.3) is 11.6 Å². The number of piperidine rings is 1. The standard InChI is InChI=1S/C22H24FN3O5/c1-15-8-10-25(11-9-15)19-7-4-17(12-20(19)26(29)30)22(28)31-14-21(27)24-13-16-2-5-18(23)6-3-16/h2-7,12,15H,8-11,13-14H2,1H3,(H,24,27). The van der Waals surface area contributed by atoms with Crippen molar-refractivity contribution >= 4 is 23.3 Å². The predicted octanol–water partition coefficient (Wildman–Crippen LogP) is 3.44. The van der Waals surface area contributed by atoms with Gasteiger partial charge in [-0.3, -0.25) is 14.9 Å². The molecule has 0 aliphatic carbocycles. The Labute approximate surface area is 179 Å². The summed E-state index contributed by atoms with van der Waals surface area (Å²) in [6.45, 7) is 3.23. The first-order valence-corrected chi connectivity index (χ1v) is 10.0. The molecule has 1 amide bonds. The number of hydrogen-bond donors (Lipinski definition) is 1. The van der Waals surface area contributed by atoms with Gasteiger partial charge in [0.1, 0.15) is 11.5 Å². The van der Waals surface area contributed by atoms with E-state index < -0.39 is 23.4 Å². The molecule has 1 N–H and O–H groups in total. The molecule has 1 saturated heterocycles. The zero-order valence-electron chi connectivity index (χ0n) is 17.2. The molecule has 2 aromatic rings. The van der Waals surface area contributed by atoms with E-state index in [2.05, 4.69) is 12.2 Å². The summed E-state index contributed by atoms with van der Waals surface area (Å²) in [6.07, 6.45) is 1.90. The number of ether oxygens (including phenoxy) is 1. The Morgan fingerprint density at radius 3 is 2.52 bits per heavy atom. The maximum absolute atomic E-state index is 12.9. The zero-order chi connectivity index (χ0) is 22.4. The van der Waals surface area contributed by atoms with E-state index in [-0.39, 0.29) is 23.6 Å². The molecule has 1 aliphatic heterocycles. The molecule has 2 aromatic carbocycles. The number of carbonyl (C=O) groups is 2. The van der Waals surface area contributed by atoms with Gasteiger partial charge in [0.15, 0.2) is 6.61 Å². The highest BCUT2D eigenvalue weighted by Gasteiger charge is 2.25. The van der Waals surface area contributed by atoms with E-state index in [1.54, 1.807) is 6.07 Å². The third-order valence-corrected chi connectivity index (χ3v) is 5.27. The van der Waals surface area contributed by atoms with Gasteiger partial charge in [0, 0.05) is 25.7 Å². The second kappa shape index (κ2) is 10.0. The molecule has 0 spiro atoms. The van der Waals surface area contributed by atoms with E-state index >= 15 is 0 Å². The first-order valence-electron chi connectivity index (χ1n) is 10.0. The second-order valence-electron chi connectivity index (χ2n) is 7.61. The molecule has 0 unspecified atom stereocenters. The van der Waals surface area contributed by atoms with Crippen molar-refractivity contribution in [1.82, 2.24) is 5.32 Å². The fourth-order valence-electron chi connectivity index (χ4n) is 3.38. The molecule has 31 heavy (non-hydrogen) atoms. The molecule has 3 rings (SSSR count). The number of nitrogens with zero attached hydrogens (tertiary/aromatic N) is 2. The van der Waals surface area contributed by atoms with Crippen LogP contribution in [0.4, 0.5) is 15.8 Å².